The molecule has 0 saturated heterocycles. The number of rotatable bonds is 15. The number of carbonyl (C=O) groups excluding carboxylic acids is 1. The molecular formula is C20H36O2. The van der Waals surface area contributed by atoms with Gasteiger partial charge in [0.05, 0.1) is 7.11 Å². The van der Waals surface area contributed by atoms with Gasteiger partial charge in [0.25, 0.3) is 0 Å². The predicted molar refractivity (Wildman–Crippen MR) is 94.0 cm³/mol. The maximum atomic E-state index is 10.9. The average Bonchev–Trinajstić information content (AvgIpc) is 3.27. The highest BCUT2D eigenvalue weighted by molar-refractivity contribution is 5.68. The van der Waals surface area contributed by atoms with Gasteiger partial charge in [-0.2, -0.15) is 0 Å². The van der Waals surface area contributed by atoms with E-state index < -0.39 is 0 Å². The highest BCUT2D eigenvalue weighted by Gasteiger charge is 2.19. The fourth-order valence-electron chi connectivity index (χ4n) is 3.10. The molecule has 0 unspecified atom stereocenters. The van der Waals surface area contributed by atoms with E-state index in [1.807, 2.05) is 0 Å². The van der Waals surface area contributed by atoms with Crippen LogP contribution in [0.2, 0.25) is 0 Å². The summed E-state index contributed by atoms with van der Waals surface area (Å²) in [5.74, 6) is -0.0663. The van der Waals surface area contributed by atoms with Crippen LogP contribution in [0.4, 0.5) is 0 Å². The molecule has 0 saturated carbocycles. The fraction of sp³-hybridized carbons (Fsp3) is 0.850. The molecule has 0 aromatic carbocycles. The molecule has 22 heavy (non-hydrogen) atoms. The van der Waals surface area contributed by atoms with Crippen LogP contribution in [0.3, 0.4) is 0 Å². The molecule has 0 N–H and O–H groups in total. The zero-order chi connectivity index (χ0) is 16.0. The van der Waals surface area contributed by atoms with Crippen LogP contribution in [-0.2, 0) is 9.53 Å². The summed E-state index contributed by atoms with van der Waals surface area (Å²) in [7, 11) is 1.47. The van der Waals surface area contributed by atoms with E-state index in [-0.39, 0.29) is 5.97 Å². The standard InChI is InChI=1S/C20H36O2/c1-3-4-11-14-18-17-19(18)15-12-9-7-5-6-8-10-13-16-20(21)22-2/h3-17H2,1-2H3. The lowest BCUT2D eigenvalue weighted by molar-refractivity contribution is -0.140. The Morgan fingerprint density at radius 2 is 1.32 bits per heavy atom. The Morgan fingerprint density at radius 3 is 1.86 bits per heavy atom. The zero-order valence-corrected chi connectivity index (χ0v) is 14.9. The van der Waals surface area contributed by atoms with Crippen LogP contribution in [0.25, 0.3) is 0 Å². The number of carbonyl (C=O) groups is 1. The third-order valence-corrected chi connectivity index (χ3v) is 4.72. The predicted octanol–water partition coefficient (Wildman–Crippen LogP) is 6.34. The summed E-state index contributed by atoms with van der Waals surface area (Å²) >= 11 is 0. The van der Waals surface area contributed by atoms with Crippen LogP contribution < -0.4 is 0 Å². The molecule has 1 rings (SSSR count). The third kappa shape index (κ3) is 10.0. The molecule has 0 radical (unpaired) electrons. The van der Waals surface area contributed by atoms with E-state index in [1.165, 1.54) is 90.6 Å². The van der Waals surface area contributed by atoms with Crippen LogP contribution in [-0.4, -0.2) is 13.1 Å². The Bertz CT molecular complexity index is 331. The van der Waals surface area contributed by atoms with Crippen LogP contribution in [0, 0.1) is 0 Å². The maximum absolute atomic E-state index is 10.9. The number of hydrogen-bond acceptors (Lipinski definition) is 2. The van der Waals surface area contributed by atoms with Crippen molar-refractivity contribution in [3.05, 3.63) is 11.1 Å². The van der Waals surface area contributed by atoms with E-state index in [0.717, 1.165) is 6.42 Å². The second-order valence-corrected chi connectivity index (χ2v) is 6.75. The van der Waals surface area contributed by atoms with Crippen LogP contribution in [0.5, 0.6) is 0 Å². The van der Waals surface area contributed by atoms with Gasteiger partial charge in [-0.25, -0.2) is 0 Å². The van der Waals surface area contributed by atoms with Crippen molar-refractivity contribution in [2.24, 2.45) is 0 Å². The van der Waals surface area contributed by atoms with E-state index in [2.05, 4.69) is 11.7 Å². The monoisotopic (exact) mass is 308 g/mol. The zero-order valence-electron chi connectivity index (χ0n) is 14.9. The minimum Gasteiger partial charge on any atom is -0.469 e. The van der Waals surface area contributed by atoms with Crippen molar-refractivity contribution in [2.45, 2.75) is 103 Å². The van der Waals surface area contributed by atoms with Gasteiger partial charge in [0, 0.05) is 6.42 Å². The van der Waals surface area contributed by atoms with Crippen molar-refractivity contribution >= 4 is 5.97 Å². The molecule has 0 bridgehead atoms. The molecule has 1 aliphatic carbocycles. The van der Waals surface area contributed by atoms with Crippen molar-refractivity contribution in [3.8, 4) is 0 Å². The number of ether oxygens (including phenoxy) is 1. The van der Waals surface area contributed by atoms with Crippen molar-refractivity contribution in [2.75, 3.05) is 7.11 Å². The largest absolute Gasteiger partial charge is 0.469 e. The van der Waals surface area contributed by atoms with E-state index in [0.29, 0.717) is 6.42 Å². The summed E-state index contributed by atoms with van der Waals surface area (Å²) in [6, 6.07) is 0. The van der Waals surface area contributed by atoms with E-state index in [4.69, 9.17) is 0 Å². The lowest BCUT2D eigenvalue weighted by atomic mass is 10.1. The molecule has 0 amide bonds. The number of unbranched alkanes of at least 4 members (excludes halogenated alkanes) is 9. The van der Waals surface area contributed by atoms with Gasteiger partial charge in [-0.3, -0.25) is 4.79 Å². The summed E-state index contributed by atoms with van der Waals surface area (Å²) in [6.45, 7) is 2.28. The number of esters is 1. The van der Waals surface area contributed by atoms with Crippen molar-refractivity contribution in [1.29, 1.82) is 0 Å². The fourth-order valence-corrected chi connectivity index (χ4v) is 3.10. The first-order chi connectivity index (χ1) is 10.8. The van der Waals surface area contributed by atoms with Crippen LogP contribution in [0.1, 0.15) is 103 Å². The molecule has 2 heteroatoms. The van der Waals surface area contributed by atoms with Crippen molar-refractivity contribution in [3.63, 3.8) is 0 Å². The molecule has 0 fully saturated rings. The average molecular weight is 309 g/mol. The maximum Gasteiger partial charge on any atom is 0.305 e. The van der Waals surface area contributed by atoms with E-state index >= 15 is 0 Å². The first kappa shape index (κ1) is 19.3. The topological polar surface area (TPSA) is 26.3 Å². The summed E-state index contributed by atoms with van der Waals surface area (Å²) in [5, 5.41) is 0. The molecule has 0 heterocycles. The molecule has 0 atom stereocenters. The lowest BCUT2D eigenvalue weighted by Crippen LogP contribution is -1.99. The minimum atomic E-state index is -0.0663. The summed E-state index contributed by atoms with van der Waals surface area (Å²) in [6.07, 6.45) is 19.2. The normalized spacial score (nSPS) is 13.5. The van der Waals surface area contributed by atoms with Crippen molar-refractivity contribution in [1.82, 2.24) is 0 Å². The summed E-state index contributed by atoms with van der Waals surface area (Å²) in [5.41, 5.74) is 3.58. The van der Waals surface area contributed by atoms with Gasteiger partial charge in [0.2, 0.25) is 0 Å². The van der Waals surface area contributed by atoms with Crippen molar-refractivity contribution < 1.29 is 9.53 Å². The van der Waals surface area contributed by atoms with Gasteiger partial charge in [0.1, 0.15) is 0 Å². The Balaban J connectivity index is 1.78. The molecular weight excluding hydrogens is 272 g/mol. The Labute approximate surface area is 137 Å². The second kappa shape index (κ2) is 12.7. The van der Waals surface area contributed by atoms with Gasteiger partial charge in [0.15, 0.2) is 0 Å². The summed E-state index contributed by atoms with van der Waals surface area (Å²) < 4.78 is 4.64. The summed E-state index contributed by atoms with van der Waals surface area (Å²) in [4.78, 5) is 10.9. The van der Waals surface area contributed by atoms with Crippen LogP contribution >= 0.6 is 0 Å². The van der Waals surface area contributed by atoms with E-state index in [9.17, 15) is 4.79 Å². The van der Waals surface area contributed by atoms with Gasteiger partial charge in [-0.05, 0) is 38.5 Å². The van der Waals surface area contributed by atoms with Gasteiger partial charge >= 0.3 is 5.97 Å². The molecule has 2 nitrogen and oxygen atoms in total. The quantitative estimate of drug-likeness (QED) is 0.200. The van der Waals surface area contributed by atoms with E-state index in [1.54, 1.807) is 11.1 Å². The third-order valence-electron chi connectivity index (χ3n) is 4.72. The van der Waals surface area contributed by atoms with Gasteiger partial charge in [-0.15, -0.1) is 0 Å². The highest BCUT2D eigenvalue weighted by atomic mass is 16.5. The minimum absolute atomic E-state index is 0.0663. The SMILES string of the molecule is CCCCCC1=C(CCCCCCCCCCC(=O)OC)C1. The smallest absolute Gasteiger partial charge is 0.305 e. The molecule has 0 aromatic heterocycles. The lowest BCUT2D eigenvalue weighted by Gasteiger charge is -2.01. The van der Waals surface area contributed by atoms with Gasteiger partial charge < -0.3 is 4.74 Å². The second-order valence-electron chi connectivity index (χ2n) is 6.75. The van der Waals surface area contributed by atoms with Crippen LogP contribution in [0.15, 0.2) is 11.1 Å². The number of methoxy groups -OCH3 is 1. The van der Waals surface area contributed by atoms with Gasteiger partial charge in [-0.1, -0.05) is 69.4 Å². The number of allylic oxidation sites excluding steroid dienone is 2. The molecule has 0 aromatic rings. The Morgan fingerprint density at radius 1 is 0.818 bits per heavy atom. The first-order valence-corrected chi connectivity index (χ1v) is 9.54. The highest BCUT2D eigenvalue weighted by Crippen LogP contribution is 2.38. The molecule has 1 aliphatic rings. The molecule has 0 spiro atoms. The molecule has 0 aliphatic heterocycles. The molecule has 128 valence electrons. The first-order valence-electron chi connectivity index (χ1n) is 9.54. The number of hydrogen-bond donors (Lipinski definition) is 0. The Kier molecular flexibility index (Phi) is 11.1. The Hall–Kier alpha value is -0.790.